The average molecular weight is 369 g/mol. The van der Waals surface area contributed by atoms with Crippen LogP contribution < -0.4 is 0 Å². The molecule has 0 spiro atoms. The van der Waals surface area contributed by atoms with Gasteiger partial charge in [0.25, 0.3) is 0 Å². The van der Waals surface area contributed by atoms with Gasteiger partial charge in [-0.1, -0.05) is 18.2 Å². The second-order valence-corrected chi connectivity index (χ2v) is 7.83. The molecule has 4 rings (SSSR count). The number of rotatable bonds is 4. The molecule has 0 aliphatic heterocycles. The van der Waals surface area contributed by atoms with Gasteiger partial charge in [-0.3, -0.25) is 9.78 Å². The van der Waals surface area contributed by atoms with Crippen LogP contribution in [0.25, 0.3) is 0 Å². The van der Waals surface area contributed by atoms with Crippen molar-refractivity contribution in [3.05, 3.63) is 64.0 Å². The Kier molecular flexibility index (Phi) is 4.99. The average Bonchev–Trinajstić information content (AvgIpc) is 3.14. The lowest BCUT2D eigenvalue weighted by molar-refractivity contribution is -0.131. The highest BCUT2D eigenvalue weighted by Gasteiger charge is 2.28. The van der Waals surface area contributed by atoms with Crippen molar-refractivity contribution >= 4 is 17.5 Å². The summed E-state index contributed by atoms with van der Waals surface area (Å²) < 4.78 is 0. The van der Waals surface area contributed by atoms with E-state index in [0.29, 0.717) is 6.54 Å². The summed E-state index contributed by atoms with van der Waals surface area (Å²) in [5.41, 5.74) is 8.03. The molecule has 0 radical (unpaired) electrons. The van der Waals surface area contributed by atoms with Crippen LogP contribution in [-0.2, 0) is 37.0 Å². The Morgan fingerprint density at radius 1 is 1.27 bits per heavy atom. The maximum atomic E-state index is 12.6. The number of nitrogens with zero attached hydrogens (tertiary/aromatic N) is 2. The fourth-order valence-corrected chi connectivity index (χ4v) is 4.75. The molecule has 2 aromatic rings. The molecule has 1 heterocycles. The summed E-state index contributed by atoms with van der Waals surface area (Å²) in [4.78, 5) is 19.1. The van der Waals surface area contributed by atoms with Gasteiger partial charge in [-0.05, 0) is 79.3 Å². The Morgan fingerprint density at radius 3 is 3.00 bits per heavy atom. The molecular formula is C22H25ClN2O. The third-order valence-electron chi connectivity index (χ3n) is 5.88. The van der Waals surface area contributed by atoms with Gasteiger partial charge in [0.1, 0.15) is 5.88 Å². The van der Waals surface area contributed by atoms with E-state index >= 15 is 0 Å². The van der Waals surface area contributed by atoms with Gasteiger partial charge in [-0.15, -0.1) is 11.6 Å². The smallest absolute Gasteiger partial charge is 0.238 e. The molecule has 1 aromatic heterocycles. The zero-order valence-electron chi connectivity index (χ0n) is 15.3. The normalized spacial score (nSPS) is 18.3. The number of aryl methyl sites for hydroxylation is 3. The molecule has 0 N–H and O–H groups in total. The lowest BCUT2D eigenvalue weighted by atomic mass is 9.90. The molecule has 0 saturated carbocycles. The quantitative estimate of drug-likeness (QED) is 0.764. The van der Waals surface area contributed by atoms with E-state index in [0.717, 1.165) is 25.7 Å². The Bertz CT molecular complexity index is 833. The van der Waals surface area contributed by atoms with Gasteiger partial charge in [0.05, 0.1) is 0 Å². The van der Waals surface area contributed by atoms with Crippen molar-refractivity contribution in [3.8, 4) is 0 Å². The van der Waals surface area contributed by atoms with Gasteiger partial charge in [-0.2, -0.15) is 0 Å². The fraction of sp³-hybridized carbons (Fsp3) is 0.455. The minimum atomic E-state index is 0.0298. The van der Waals surface area contributed by atoms with Gasteiger partial charge in [-0.25, -0.2) is 0 Å². The zero-order valence-corrected chi connectivity index (χ0v) is 16.1. The Morgan fingerprint density at radius 2 is 2.15 bits per heavy atom. The lowest BCUT2D eigenvalue weighted by Crippen LogP contribution is -2.43. The predicted molar refractivity (Wildman–Crippen MR) is 105 cm³/mol. The predicted octanol–water partition coefficient (Wildman–Crippen LogP) is 4.00. The van der Waals surface area contributed by atoms with E-state index in [-0.39, 0.29) is 17.8 Å². The topological polar surface area (TPSA) is 33.2 Å². The number of benzene rings is 1. The van der Waals surface area contributed by atoms with Crippen molar-refractivity contribution < 1.29 is 4.79 Å². The number of hydrogen-bond donors (Lipinski definition) is 0. The molecule has 2 aliphatic rings. The summed E-state index contributed by atoms with van der Waals surface area (Å²) in [6.45, 7) is 2.85. The summed E-state index contributed by atoms with van der Waals surface area (Å²) in [7, 11) is 0. The highest BCUT2D eigenvalue weighted by Crippen LogP contribution is 2.29. The van der Waals surface area contributed by atoms with Crippen LogP contribution in [0.3, 0.4) is 0 Å². The molecule has 2 aliphatic carbocycles. The standard InChI is InChI=1S/C22H25ClN2O/c1-15-10-16(11-17-4-2-6-20(15)17)14-25(22(26)13-23)19-7-8-21-18(12-19)5-3-9-24-21/h3,5,9-11,19H,2,4,6-8,12-14H2,1H3. The highest BCUT2D eigenvalue weighted by molar-refractivity contribution is 6.27. The minimum Gasteiger partial charge on any atom is -0.334 e. The van der Waals surface area contributed by atoms with Gasteiger partial charge in [0.15, 0.2) is 0 Å². The van der Waals surface area contributed by atoms with Crippen molar-refractivity contribution in [1.82, 2.24) is 9.88 Å². The minimum absolute atomic E-state index is 0.0298. The van der Waals surface area contributed by atoms with E-state index in [1.165, 1.54) is 46.4 Å². The SMILES string of the molecule is Cc1cc(CN(C(=O)CCl)C2CCc3ncccc3C2)cc2c1CCC2. The van der Waals surface area contributed by atoms with E-state index < -0.39 is 0 Å². The molecular weight excluding hydrogens is 344 g/mol. The number of aromatic nitrogens is 1. The van der Waals surface area contributed by atoms with Crippen molar-refractivity contribution in [2.45, 2.75) is 58.0 Å². The molecule has 1 aromatic carbocycles. The number of carbonyl (C=O) groups is 1. The van der Waals surface area contributed by atoms with Crippen LogP contribution in [0, 0.1) is 6.92 Å². The summed E-state index contributed by atoms with van der Waals surface area (Å²) >= 11 is 5.95. The molecule has 4 heteroatoms. The number of hydrogen-bond acceptors (Lipinski definition) is 2. The lowest BCUT2D eigenvalue weighted by Gasteiger charge is -2.35. The van der Waals surface area contributed by atoms with Gasteiger partial charge < -0.3 is 4.90 Å². The third-order valence-corrected chi connectivity index (χ3v) is 6.11. The summed E-state index contributed by atoms with van der Waals surface area (Å²) in [6.07, 6.45) is 8.21. The van der Waals surface area contributed by atoms with Crippen LogP contribution >= 0.6 is 11.6 Å². The number of fused-ring (bicyclic) bond motifs is 2. The molecule has 0 saturated heterocycles. The Balaban J connectivity index is 1.59. The van der Waals surface area contributed by atoms with Crippen LogP contribution in [0.4, 0.5) is 0 Å². The molecule has 0 bridgehead atoms. The van der Waals surface area contributed by atoms with Crippen LogP contribution in [0.15, 0.2) is 30.5 Å². The number of carbonyl (C=O) groups excluding carboxylic acids is 1. The Hall–Kier alpha value is -1.87. The molecule has 1 atom stereocenters. The second kappa shape index (κ2) is 7.40. The van der Waals surface area contributed by atoms with Crippen molar-refractivity contribution in [1.29, 1.82) is 0 Å². The first-order valence-corrected chi connectivity index (χ1v) is 10.1. The van der Waals surface area contributed by atoms with Gasteiger partial charge in [0, 0.05) is 24.5 Å². The van der Waals surface area contributed by atoms with Gasteiger partial charge in [0.2, 0.25) is 5.91 Å². The highest BCUT2D eigenvalue weighted by atomic mass is 35.5. The molecule has 3 nitrogen and oxygen atoms in total. The van der Waals surface area contributed by atoms with Crippen LogP contribution in [0.1, 0.15) is 46.4 Å². The number of alkyl halides is 1. The van der Waals surface area contributed by atoms with Crippen molar-refractivity contribution in [2.75, 3.05) is 5.88 Å². The van der Waals surface area contributed by atoms with Crippen LogP contribution in [0.2, 0.25) is 0 Å². The summed E-state index contributed by atoms with van der Waals surface area (Å²) in [5.74, 6) is 0.0718. The van der Waals surface area contributed by atoms with Crippen molar-refractivity contribution in [2.24, 2.45) is 0 Å². The second-order valence-electron chi connectivity index (χ2n) is 7.57. The monoisotopic (exact) mass is 368 g/mol. The van der Waals surface area contributed by atoms with Crippen molar-refractivity contribution in [3.63, 3.8) is 0 Å². The van der Waals surface area contributed by atoms with Crippen LogP contribution in [-0.4, -0.2) is 27.7 Å². The van der Waals surface area contributed by atoms with E-state index in [9.17, 15) is 4.79 Å². The third kappa shape index (κ3) is 3.37. The number of amides is 1. The van der Waals surface area contributed by atoms with E-state index in [4.69, 9.17) is 11.6 Å². The number of halogens is 1. The summed E-state index contributed by atoms with van der Waals surface area (Å²) in [6, 6.07) is 8.89. The zero-order chi connectivity index (χ0) is 18.1. The first kappa shape index (κ1) is 17.5. The molecule has 1 unspecified atom stereocenters. The molecule has 0 fully saturated rings. The maximum Gasteiger partial charge on any atom is 0.238 e. The van der Waals surface area contributed by atoms with E-state index in [2.05, 4.69) is 30.1 Å². The Labute approximate surface area is 160 Å². The molecule has 1 amide bonds. The van der Waals surface area contributed by atoms with E-state index in [1.807, 2.05) is 17.2 Å². The first-order valence-electron chi connectivity index (χ1n) is 9.55. The fourth-order valence-electron chi connectivity index (χ4n) is 4.60. The maximum absolute atomic E-state index is 12.6. The number of pyridine rings is 1. The first-order chi connectivity index (χ1) is 12.7. The molecule has 136 valence electrons. The van der Waals surface area contributed by atoms with E-state index in [1.54, 1.807) is 0 Å². The van der Waals surface area contributed by atoms with Gasteiger partial charge >= 0.3 is 0 Å². The largest absolute Gasteiger partial charge is 0.334 e. The van der Waals surface area contributed by atoms with Crippen LogP contribution in [0.5, 0.6) is 0 Å². The molecule has 26 heavy (non-hydrogen) atoms. The summed E-state index contributed by atoms with van der Waals surface area (Å²) in [5, 5.41) is 0.